The molecule has 1 aliphatic carbocycles. The minimum absolute atomic E-state index is 0.0770. The number of aliphatic hydroxyl groups is 1. The predicted octanol–water partition coefficient (Wildman–Crippen LogP) is 1.78. The van der Waals surface area contributed by atoms with E-state index in [1.54, 1.807) is 23.1 Å². The first-order valence-electron chi connectivity index (χ1n) is 7.62. The smallest absolute Gasteiger partial charge is 0.380 e. The van der Waals surface area contributed by atoms with Crippen molar-refractivity contribution in [3.05, 3.63) is 29.3 Å². The molecule has 0 bridgehead atoms. The fraction of sp³-hybridized carbons (Fsp3) is 0.500. The number of halogens is 3. The fourth-order valence-electron chi connectivity index (χ4n) is 3.23. The molecule has 1 fully saturated rings. The van der Waals surface area contributed by atoms with Crippen molar-refractivity contribution in [3.63, 3.8) is 0 Å². The first-order chi connectivity index (χ1) is 11.1. The molecule has 2 amide bonds. The van der Waals surface area contributed by atoms with Crippen molar-refractivity contribution in [2.24, 2.45) is 0 Å². The van der Waals surface area contributed by atoms with E-state index < -0.39 is 36.6 Å². The SMILES string of the molecule is CC(=O)N1CCc2cc(C(=O)NC3CC(O)(C(F)(F)F)C3)ccc21. The molecule has 0 spiro atoms. The summed E-state index contributed by atoms with van der Waals surface area (Å²) in [5.74, 6) is -0.555. The lowest BCUT2D eigenvalue weighted by Gasteiger charge is -2.44. The van der Waals surface area contributed by atoms with E-state index in [-0.39, 0.29) is 5.91 Å². The molecule has 3 rings (SSSR count). The summed E-state index contributed by atoms with van der Waals surface area (Å²) < 4.78 is 37.7. The molecule has 1 heterocycles. The Labute approximate surface area is 136 Å². The van der Waals surface area contributed by atoms with Crippen LogP contribution in [0, 0.1) is 0 Å². The number of amides is 2. The van der Waals surface area contributed by atoms with Gasteiger partial charge in [-0.15, -0.1) is 0 Å². The molecule has 0 aromatic heterocycles. The Morgan fingerprint density at radius 3 is 2.58 bits per heavy atom. The summed E-state index contributed by atoms with van der Waals surface area (Å²) in [6.45, 7) is 2.02. The second-order valence-corrected chi connectivity index (χ2v) is 6.37. The predicted molar refractivity (Wildman–Crippen MR) is 79.7 cm³/mol. The minimum atomic E-state index is -4.68. The van der Waals surface area contributed by atoms with E-state index in [9.17, 15) is 27.9 Å². The van der Waals surface area contributed by atoms with E-state index in [4.69, 9.17) is 0 Å². The van der Waals surface area contributed by atoms with E-state index in [2.05, 4.69) is 5.32 Å². The third-order valence-corrected chi connectivity index (χ3v) is 4.65. The van der Waals surface area contributed by atoms with Crippen molar-refractivity contribution in [2.75, 3.05) is 11.4 Å². The molecule has 5 nitrogen and oxygen atoms in total. The molecule has 1 aliphatic heterocycles. The third-order valence-electron chi connectivity index (χ3n) is 4.65. The lowest BCUT2D eigenvalue weighted by atomic mass is 9.75. The average molecular weight is 342 g/mol. The number of fused-ring (bicyclic) bond motifs is 1. The molecule has 1 aromatic rings. The van der Waals surface area contributed by atoms with Crippen LogP contribution >= 0.6 is 0 Å². The maximum atomic E-state index is 12.6. The van der Waals surface area contributed by atoms with Gasteiger partial charge in [0.1, 0.15) is 0 Å². The topological polar surface area (TPSA) is 69.6 Å². The Hall–Kier alpha value is -2.09. The van der Waals surface area contributed by atoms with Crippen LogP contribution in [0.15, 0.2) is 18.2 Å². The molecule has 2 N–H and O–H groups in total. The molecule has 130 valence electrons. The monoisotopic (exact) mass is 342 g/mol. The summed E-state index contributed by atoms with van der Waals surface area (Å²) in [6.07, 6.45) is -5.12. The number of anilines is 1. The molecule has 0 radical (unpaired) electrons. The summed E-state index contributed by atoms with van der Waals surface area (Å²) in [7, 11) is 0. The van der Waals surface area contributed by atoms with Crippen LogP contribution in [0.5, 0.6) is 0 Å². The lowest BCUT2D eigenvalue weighted by molar-refractivity contribution is -0.291. The first-order valence-corrected chi connectivity index (χ1v) is 7.62. The van der Waals surface area contributed by atoms with Gasteiger partial charge in [-0.05, 0) is 30.2 Å². The van der Waals surface area contributed by atoms with Gasteiger partial charge in [0.2, 0.25) is 5.91 Å². The van der Waals surface area contributed by atoms with Crippen LogP contribution in [-0.2, 0) is 11.2 Å². The number of benzene rings is 1. The number of hydrogen-bond donors (Lipinski definition) is 2. The maximum absolute atomic E-state index is 12.6. The zero-order valence-electron chi connectivity index (χ0n) is 13.0. The van der Waals surface area contributed by atoms with Crippen molar-refractivity contribution in [1.29, 1.82) is 0 Å². The Bertz CT molecular complexity index is 696. The van der Waals surface area contributed by atoms with Crippen LogP contribution < -0.4 is 10.2 Å². The molecule has 8 heteroatoms. The molecule has 1 aromatic carbocycles. The zero-order chi connectivity index (χ0) is 17.7. The van der Waals surface area contributed by atoms with Crippen molar-refractivity contribution in [1.82, 2.24) is 5.32 Å². The molecule has 0 saturated heterocycles. The van der Waals surface area contributed by atoms with Crippen LogP contribution in [0.4, 0.5) is 18.9 Å². The Morgan fingerprint density at radius 1 is 1.33 bits per heavy atom. The standard InChI is InChI=1S/C16H17F3N2O3/c1-9(22)21-5-4-10-6-11(2-3-13(10)21)14(23)20-12-7-15(24,8-12)16(17,18)19/h2-3,6,12,24H,4-5,7-8H2,1H3,(H,20,23). The lowest BCUT2D eigenvalue weighted by Crippen LogP contribution is -2.62. The number of alkyl halides is 3. The highest BCUT2D eigenvalue weighted by molar-refractivity contribution is 5.98. The van der Waals surface area contributed by atoms with E-state index >= 15 is 0 Å². The highest BCUT2D eigenvalue weighted by Crippen LogP contribution is 2.45. The second-order valence-electron chi connectivity index (χ2n) is 6.37. The molecule has 24 heavy (non-hydrogen) atoms. The molecular weight excluding hydrogens is 325 g/mol. The van der Waals surface area contributed by atoms with Gasteiger partial charge in [-0.25, -0.2) is 0 Å². The van der Waals surface area contributed by atoms with Crippen molar-refractivity contribution >= 4 is 17.5 Å². The molecule has 1 saturated carbocycles. The van der Waals surface area contributed by atoms with Gasteiger partial charge in [0.25, 0.3) is 5.91 Å². The van der Waals surface area contributed by atoms with Gasteiger partial charge in [-0.3, -0.25) is 9.59 Å². The van der Waals surface area contributed by atoms with Crippen LogP contribution in [0.2, 0.25) is 0 Å². The fourth-order valence-corrected chi connectivity index (χ4v) is 3.23. The van der Waals surface area contributed by atoms with E-state index in [1.165, 1.54) is 6.92 Å². The second kappa shape index (κ2) is 5.47. The average Bonchev–Trinajstić information content (AvgIpc) is 2.87. The Morgan fingerprint density at radius 2 is 2.00 bits per heavy atom. The van der Waals surface area contributed by atoms with Gasteiger partial charge in [-0.1, -0.05) is 0 Å². The number of hydrogen-bond acceptors (Lipinski definition) is 3. The molecule has 0 unspecified atom stereocenters. The van der Waals surface area contributed by atoms with E-state index in [0.29, 0.717) is 18.5 Å². The highest BCUT2D eigenvalue weighted by Gasteiger charge is 2.61. The number of nitrogens with zero attached hydrogens (tertiary/aromatic N) is 1. The summed E-state index contributed by atoms with van der Waals surface area (Å²) >= 11 is 0. The normalized spacial score (nSPS) is 25.9. The summed E-state index contributed by atoms with van der Waals surface area (Å²) in [5.41, 5.74) is -0.751. The molecule has 0 atom stereocenters. The van der Waals surface area contributed by atoms with Crippen molar-refractivity contribution in [3.8, 4) is 0 Å². The quantitative estimate of drug-likeness (QED) is 0.861. The number of rotatable bonds is 2. The molecule has 2 aliphatic rings. The van der Waals surface area contributed by atoms with E-state index in [1.807, 2.05) is 0 Å². The number of carbonyl (C=O) groups is 2. The van der Waals surface area contributed by atoms with Crippen LogP contribution in [-0.4, -0.2) is 41.3 Å². The van der Waals surface area contributed by atoms with Gasteiger partial charge in [0.05, 0.1) is 0 Å². The van der Waals surface area contributed by atoms with Gasteiger partial charge >= 0.3 is 6.18 Å². The third kappa shape index (κ3) is 2.75. The zero-order valence-corrected chi connectivity index (χ0v) is 13.0. The van der Waals surface area contributed by atoms with Gasteiger partial charge in [0.15, 0.2) is 5.60 Å². The van der Waals surface area contributed by atoms with Crippen LogP contribution in [0.25, 0.3) is 0 Å². The summed E-state index contributed by atoms with van der Waals surface area (Å²) in [4.78, 5) is 25.3. The first kappa shape index (κ1) is 16.8. The van der Waals surface area contributed by atoms with Crippen LogP contribution in [0.1, 0.15) is 35.7 Å². The highest BCUT2D eigenvalue weighted by atomic mass is 19.4. The number of carbonyl (C=O) groups excluding carboxylic acids is 2. The summed E-state index contributed by atoms with van der Waals surface area (Å²) in [5, 5.41) is 11.9. The van der Waals surface area contributed by atoms with Crippen molar-refractivity contribution in [2.45, 2.75) is 44.0 Å². The Balaban J connectivity index is 1.65. The van der Waals surface area contributed by atoms with Gasteiger partial charge in [-0.2, -0.15) is 13.2 Å². The number of nitrogens with one attached hydrogen (secondary N) is 1. The maximum Gasteiger partial charge on any atom is 0.417 e. The molecular formula is C16H17F3N2O3. The summed E-state index contributed by atoms with van der Waals surface area (Å²) in [6, 6.07) is 4.17. The van der Waals surface area contributed by atoms with E-state index in [0.717, 1.165) is 11.3 Å². The minimum Gasteiger partial charge on any atom is -0.380 e. The largest absolute Gasteiger partial charge is 0.417 e. The van der Waals surface area contributed by atoms with Gasteiger partial charge < -0.3 is 15.3 Å². The Kier molecular flexibility index (Phi) is 3.82. The van der Waals surface area contributed by atoms with Crippen LogP contribution in [0.3, 0.4) is 0 Å². The van der Waals surface area contributed by atoms with Gasteiger partial charge in [0, 0.05) is 43.6 Å². The van der Waals surface area contributed by atoms with Crippen molar-refractivity contribution < 1.29 is 27.9 Å².